The first-order valence-electron chi connectivity index (χ1n) is 14.5. The second kappa shape index (κ2) is 26.6. The summed E-state index contributed by atoms with van der Waals surface area (Å²) in [7, 11) is -3.12. The van der Waals surface area contributed by atoms with Crippen LogP contribution in [0, 0.1) is 0 Å². The van der Waals surface area contributed by atoms with Gasteiger partial charge in [-0.2, -0.15) is 0 Å². The minimum Gasteiger partial charge on any atom is -0.288 e. The predicted molar refractivity (Wildman–Crippen MR) is 342 cm³/mol. The molecule has 0 saturated heterocycles. The number of rotatable bonds is 19. The van der Waals surface area contributed by atoms with E-state index in [0.717, 1.165) is 0 Å². The molecular formula is C22H2Cl46O3S. The van der Waals surface area contributed by atoms with Crippen LogP contribution in [0.4, 0.5) is 0 Å². The molecule has 0 aliphatic rings. The molecule has 1 N–H and O–H groups in total. The van der Waals surface area contributed by atoms with Gasteiger partial charge in [0, 0.05) is 0 Å². The number of thiol groups is 1. The summed E-state index contributed by atoms with van der Waals surface area (Å²) in [6.07, 6.45) is 0. The third-order valence-electron chi connectivity index (χ3n) is 8.20. The van der Waals surface area contributed by atoms with Crippen LogP contribution in [0.5, 0.6) is 0 Å². The molecule has 0 aromatic carbocycles. The average molecular weight is 1980 g/mol. The first-order chi connectivity index (χ1) is 30.0. The zero-order chi connectivity index (χ0) is 60.6. The molecular weight excluding hydrogens is 1980 g/mol. The van der Waals surface area contributed by atoms with Gasteiger partial charge in [-0.3, -0.25) is 4.55 Å². The van der Waals surface area contributed by atoms with Gasteiger partial charge in [-0.25, -0.2) is 8.42 Å². The molecule has 3 nitrogen and oxygen atoms in total. The van der Waals surface area contributed by atoms with Crippen molar-refractivity contribution in [2.24, 2.45) is 0 Å². The number of alkyl halides is 46. The summed E-state index contributed by atoms with van der Waals surface area (Å²) in [6, 6.07) is 0. The van der Waals surface area contributed by atoms with E-state index in [4.69, 9.17) is 547 Å². The van der Waals surface area contributed by atoms with E-state index in [1.165, 1.54) is 0 Å². The van der Waals surface area contributed by atoms with Crippen LogP contribution in [0.1, 0.15) is 0 Å². The van der Waals surface area contributed by atoms with Gasteiger partial charge >= 0.3 is 0 Å². The van der Waals surface area contributed by atoms with Gasteiger partial charge in [-0.15, -0.1) is 0 Å². The molecule has 0 aromatic rings. The van der Waals surface area contributed by atoms with Crippen molar-refractivity contribution in [2.75, 3.05) is 0 Å². The van der Waals surface area contributed by atoms with E-state index in [9.17, 15) is 0 Å². The highest BCUT2D eigenvalue weighted by molar-refractivity contribution is 7.66. The van der Waals surface area contributed by atoms with Crippen molar-refractivity contribution in [3.8, 4) is 0 Å². The summed E-state index contributed by atoms with van der Waals surface area (Å²) in [5, 5.41) is 0. The van der Waals surface area contributed by atoms with Crippen LogP contribution in [0.2, 0.25) is 0 Å². The van der Waals surface area contributed by atoms with E-state index >= 15 is 0 Å². The second-order valence-electron chi connectivity index (χ2n) is 12.7. The van der Waals surface area contributed by atoms with Gasteiger partial charge in [-0.1, -0.05) is 534 Å². The van der Waals surface area contributed by atoms with Gasteiger partial charge in [-0.05, 0) is 0 Å². The third kappa shape index (κ3) is 13.8. The van der Waals surface area contributed by atoms with Crippen LogP contribution in [-0.2, 0) is 11.0 Å². The zero-order valence-corrected chi connectivity index (χ0v) is 65.8. The minimum absolute atomic E-state index is 2.92. The Balaban J connectivity index is 0. The number of hydrogen-bond donors (Lipinski definition) is 2. The highest BCUT2D eigenvalue weighted by Gasteiger charge is 2.89. The third-order valence-corrected chi connectivity index (χ3v) is 41.1. The molecule has 0 radical (unpaired) electrons. The van der Waals surface area contributed by atoms with Crippen molar-refractivity contribution in [1.82, 2.24) is 0 Å². The summed E-state index contributed by atoms with van der Waals surface area (Å²) in [4.78, 5) is 0. The molecule has 0 saturated carbocycles. The molecule has 72 heavy (non-hydrogen) atoms. The lowest BCUT2D eigenvalue weighted by molar-refractivity contribution is 0.385. The molecule has 0 amide bonds. The van der Waals surface area contributed by atoms with Gasteiger partial charge < -0.3 is 0 Å². The summed E-state index contributed by atoms with van der Waals surface area (Å²) >= 11 is 295. The minimum atomic E-state index is -3.86. The summed E-state index contributed by atoms with van der Waals surface area (Å²) in [5.41, 5.74) is 0. The zero-order valence-electron chi connectivity index (χ0n) is 30.1. The standard InChI is InChI=1S/C22Cl46.H2O3S/c23-1(24,3(27,28)5(31,32)7(35,36)9(39,40)11(43,44)13(47,48)15(51,52)17(55,56)19(59,60)21(63,64)65)2(25,26)4(29,30)6(33,34)8(37,38)10(41,42)12(45,46)14(49,50)16(53,54)18(57,58)20(61,62)22(66,67)68;1-4(2)3/h;4H,(H,1,2,3). The molecule has 50 heteroatoms. The van der Waals surface area contributed by atoms with E-state index < -0.39 is 105 Å². The normalized spacial score (nSPS) is 17.1. The smallest absolute Gasteiger partial charge is 0.254 e. The van der Waals surface area contributed by atoms with Crippen LogP contribution < -0.4 is 0 Å². The average Bonchev–Trinajstić information content (AvgIpc) is 3.11. The highest BCUT2D eigenvalue weighted by atomic mass is 35.6. The topological polar surface area (TPSA) is 54.4 Å². The summed E-state index contributed by atoms with van der Waals surface area (Å²) in [6.45, 7) is 0. The van der Waals surface area contributed by atoms with Crippen molar-refractivity contribution in [3.05, 3.63) is 0 Å². The van der Waals surface area contributed by atoms with Gasteiger partial charge in [0.25, 0.3) is 11.0 Å². The summed E-state index contributed by atoms with van der Waals surface area (Å²) in [5.74, 6) is 0. The molecule has 0 aromatic heterocycles. The largest absolute Gasteiger partial charge is 0.288 e. The van der Waals surface area contributed by atoms with Crippen LogP contribution >= 0.6 is 534 Å². The summed E-state index contributed by atoms with van der Waals surface area (Å²) < 4.78 is -54.4. The second-order valence-corrected chi connectivity index (χ2v) is 44.3. The molecule has 0 heterocycles. The first-order valence-corrected chi connectivity index (χ1v) is 33.0. The Morgan fingerprint density at radius 1 is 0.153 bits per heavy atom. The molecule has 0 rings (SSSR count). The molecule has 436 valence electrons. The van der Waals surface area contributed by atoms with Crippen molar-refractivity contribution in [1.29, 1.82) is 0 Å². The SMILES string of the molecule is ClC(Cl)(Cl)C(Cl)(Cl)C(Cl)(Cl)C(Cl)(Cl)C(Cl)(Cl)C(Cl)(Cl)C(Cl)(Cl)C(Cl)(Cl)C(Cl)(Cl)C(Cl)(Cl)C(Cl)(Cl)C(Cl)(Cl)C(Cl)(Cl)C(Cl)(Cl)C(Cl)(Cl)C(Cl)(Cl)C(Cl)(Cl)C(Cl)(Cl)C(Cl)(Cl)C(Cl)(Cl)C(Cl)(Cl)C(Cl)(Cl)Cl.O=[SH](=O)O. The molecule has 0 unspecified atom stereocenters. The molecule has 0 atom stereocenters. The van der Waals surface area contributed by atoms with E-state index in [0.29, 0.717) is 0 Å². The van der Waals surface area contributed by atoms with E-state index in [-0.39, 0.29) is 0 Å². The van der Waals surface area contributed by atoms with E-state index in [1.54, 1.807) is 0 Å². The first kappa shape index (κ1) is 87.3. The maximum atomic E-state index is 8.59. The Labute approximate surface area is 640 Å². The monoisotopic (exact) mass is 1950 g/mol. The van der Waals surface area contributed by atoms with Crippen LogP contribution in [0.25, 0.3) is 0 Å². The maximum absolute atomic E-state index is 8.59. The fourth-order valence-electron chi connectivity index (χ4n) is 3.91. The van der Waals surface area contributed by atoms with Crippen molar-refractivity contribution >= 4 is 545 Å². The van der Waals surface area contributed by atoms with Crippen molar-refractivity contribution in [3.63, 3.8) is 0 Å². The fourth-order valence-corrected chi connectivity index (χ4v) is 19.6. The van der Waals surface area contributed by atoms with E-state index in [2.05, 4.69) is 0 Å². The highest BCUT2D eigenvalue weighted by Crippen LogP contribution is 2.80. The Morgan fingerprint density at radius 2 is 0.194 bits per heavy atom. The van der Waals surface area contributed by atoms with Gasteiger partial charge in [0.1, 0.15) is 0 Å². The lowest BCUT2D eigenvalue weighted by Crippen LogP contribution is -2.76. The van der Waals surface area contributed by atoms with Gasteiger partial charge in [0.05, 0.1) is 0 Å². The lowest BCUT2D eigenvalue weighted by atomic mass is 9.95. The van der Waals surface area contributed by atoms with Gasteiger partial charge in [0.15, 0.2) is 78.0 Å². The van der Waals surface area contributed by atoms with E-state index in [1.807, 2.05) is 0 Å². The van der Waals surface area contributed by atoms with Crippen LogP contribution in [0.15, 0.2) is 0 Å². The molecule has 0 aliphatic carbocycles. The Hall–Kier alpha value is 13.2. The molecule has 0 aliphatic heterocycles. The Morgan fingerprint density at radius 3 is 0.236 bits per heavy atom. The van der Waals surface area contributed by atoms with Crippen LogP contribution in [-0.4, -0.2) is 107 Å². The van der Waals surface area contributed by atoms with Crippen molar-refractivity contribution in [2.45, 2.75) is 94.3 Å². The molecule has 0 bridgehead atoms. The van der Waals surface area contributed by atoms with Crippen LogP contribution in [0.3, 0.4) is 0 Å². The van der Waals surface area contributed by atoms with Gasteiger partial charge in [0.2, 0.25) is 16.3 Å². The lowest BCUT2D eigenvalue weighted by Gasteiger charge is -2.59. The molecule has 0 fully saturated rings. The maximum Gasteiger partial charge on any atom is 0.254 e. The number of hydrogen-bond acceptors (Lipinski definition) is 2. The molecule has 0 spiro atoms. The Kier molecular flexibility index (Phi) is 32.2. The quantitative estimate of drug-likeness (QED) is 0.0770. The van der Waals surface area contributed by atoms with Crippen molar-refractivity contribution < 1.29 is 13.0 Å². The predicted octanol–water partition coefficient (Wildman–Crippen LogP) is 26.3. The Bertz CT molecular complexity index is 1870. The fraction of sp³-hybridized carbons (Fsp3) is 1.00. The number of halogens is 46.